The highest BCUT2D eigenvalue weighted by Gasteiger charge is 2.37. The molecule has 14 heteroatoms. The van der Waals surface area contributed by atoms with Gasteiger partial charge < -0.3 is 40.3 Å². The first-order chi connectivity index (χ1) is 28.7. The molecule has 60 heavy (non-hydrogen) atoms. The van der Waals surface area contributed by atoms with E-state index in [2.05, 4.69) is 17.2 Å². The molecule has 320 valence electrons. The second-order valence-electron chi connectivity index (χ2n) is 16.2. The van der Waals surface area contributed by atoms with Gasteiger partial charge in [-0.2, -0.15) is 5.10 Å². The van der Waals surface area contributed by atoms with Gasteiger partial charge in [0.1, 0.15) is 34.2 Å². The van der Waals surface area contributed by atoms with Crippen LogP contribution in [0.2, 0.25) is 0 Å². The number of imidazole rings is 1. The van der Waals surface area contributed by atoms with Crippen LogP contribution in [-0.4, -0.2) is 116 Å². The van der Waals surface area contributed by atoms with Crippen molar-refractivity contribution in [3.05, 3.63) is 76.7 Å². The number of hydrogen-bond donors (Lipinski definition) is 6. The minimum absolute atomic E-state index is 0.0816. The van der Waals surface area contributed by atoms with Crippen LogP contribution >= 0.6 is 0 Å². The van der Waals surface area contributed by atoms with Crippen molar-refractivity contribution < 1.29 is 44.6 Å². The molecule has 0 radical (unpaired) electrons. The summed E-state index contributed by atoms with van der Waals surface area (Å²) in [5.74, 6) is 0.919. The summed E-state index contributed by atoms with van der Waals surface area (Å²) in [6.45, 7) is 10.3. The van der Waals surface area contributed by atoms with E-state index in [0.717, 1.165) is 32.4 Å². The smallest absolute Gasteiger partial charge is 0.251 e. The number of rotatable bonds is 4. The number of ketones is 1. The second kappa shape index (κ2) is 19.0. The molecule has 1 amide bonds. The number of hydrogen-bond acceptors (Lipinski definition) is 12. The van der Waals surface area contributed by atoms with E-state index >= 15 is 0 Å². The number of nitrogens with one attached hydrogen (secondary N) is 1. The lowest BCUT2D eigenvalue weighted by atomic mass is 9.78. The molecule has 9 atom stereocenters. The number of allylic oxidation sites excluding steroid dienone is 3. The standard InChI is InChI=1S/C46H57N5O9/c1-25-13-11-14-26(2)46(58)49-40-41-39(48-35-20-17-30(24-51(35)41)23-47-50-21-9-8-10-22-50)38-36(34(60-7)19-18-32(53)37(38)45(40)57)31(52)15-12-16-33(59-6)27(3)43(55)29(5)44(56)28(4)42(25)54/h11-14,16-17,20,23-25,27-29,33-34,42-44,52,54-57H,8-10,15,21-22H2,1-7H3,(H,49,58)/b13-11+,16-12+,26-14-,36-31?,47-23+/t25-,27+,28+,29-,33-,34?,42-,43+,44+/m0/s1. The number of ether oxygens (including phenoxy) is 2. The van der Waals surface area contributed by atoms with Crippen LogP contribution in [0.15, 0.2) is 65.1 Å². The van der Waals surface area contributed by atoms with Gasteiger partial charge in [-0.1, -0.05) is 64.0 Å². The van der Waals surface area contributed by atoms with E-state index in [-0.39, 0.29) is 51.2 Å². The Hall–Kier alpha value is -5.30. The summed E-state index contributed by atoms with van der Waals surface area (Å²) in [6, 6.07) is 3.61. The van der Waals surface area contributed by atoms with Crippen LogP contribution in [0.4, 0.5) is 5.69 Å². The van der Waals surface area contributed by atoms with E-state index < -0.39 is 71.6 Å². The molecule has 3 aliphatic rings. The summed E-state index contributed by atoms with van der Waals surface area (Å²) >= 11 is 0. The summed E-state index contributed by atoms with van der Waals surface area (Å²) in [5, 5.41) is 67.7. The summed E-state index contributed by atoms with van der Waals surface area (Å²) in [5.41, 5.74) is 1.62. The summed E-state index contributed by atoms with van der Waals surface area (Å²) in [6.07, 6.45) is 10.1. The number of benzene rings is 1. The quantitative estimate of drug-likeness (QED) is 0.0635. The number of phenolic OH excluding ortho intramolecular Hbond substituents is 1. The predicted molar refractivity (Wildman–Crippen MR) is 231 cm³/mol. The molecule has 0 saturated carbocycles. The molecule has 14 nitrogen and oxygen atoms in total. The third-order valence-electron chi connectivity index (χ3n) is 12.2. The largest absolute Gasteiger partial charge is 0.512 e. The number of hydrazone groups is 1. The molecule has 2 aromatic heterocycles. The van der Waals surface area contributed by atoms with Crippen LogP contribution < -0.4 is 5.32 Å². The number of carbonyl (C=O) groups excluding carboxylic acids is 2. The monoisotopic (exact) mass is 823 g/mol. The van der Waals surface area contributed by atoms with Gasteiger partial charge in [-0.3, -0.25) is 19.0 Å². The van der Waals surface area contributed by atoms with Gasteiger partial charge in [0.15, 0.2) is 5.75 Å². The molecule has 1 aliphatic carbocycles. The molecule has 2 bridgehead atoms. The number of aromatic nitrogens is 2. The fourth-order valence-electron chi connectivity index (χ4n) is 8.34. The SMILES string of the molecule is COC1C#CC(=O)c2c(O)c3c4c(nc5ccc(/C=N/N6CCCCC6)cn54)c2C1=C(O)C/C=C/[C@H](OC)[C@@H](C)[C@@H](O)[C@H](C)[C@H](O)[C@H](C)[C@@H](O)[C@@H](C)/C=C/C=C(/C)C(=O)N3. The number of aliphatic hydroxyl groups excluding tert-OH is 4. The van der Waals surface area contributed by atoms with Crippen molar-refractivity contribution in [2.75, 3.05) is 32.6 Å². The number of fused-ring (bicyclic) bond motifs is 1. The average Bonchev–Trinajstić information content (AvgIpc) is 3.55. The zero-order chi connectivity index (χ0) is 43.4. The van der Waals surface area contributed by atoms with Gasteiger partial charge in [-0.05, 0) is 44.2 Å². The van der Waals surface area contributed by atoms with E-state index in [1.807, 2.05) is 11.1 Å². The number of methoxy groups -OCH3 is 2. The second-order valence-corrected chi connectivity index (χ2v) is 16.2. The number of phenols is 1. The van der Waals surface area contributed by atoms with Crippen molar-refractivity contribution in [3.8, 4) is 17.6 Å². The molecule has 6 N–H and O–H groups in total. The maximum Gasteiger partial charge on any atom is 0.251 e. The van der Waals surface area contributed by atoms with Crippen molar-refractivity contribution in [2.45, 2.75) is 90.8 Å². The van der Waals surface area contributed by atoms with Gasteiger partial charge in [0.05, 0.1) is 36.2 Å². The minimum atomic E-state index is -1.13. The van der Waals surface area contributed by atoms with E-state index in [4.69, 9.17) is 19.6 Å². The minimum Gasteiger partial charge on any atom is -0.512 e. The molecule has 4 heterocycles. The Bertz CT molecular complexity index is 2330. The molecular weight excluding hydrogens is 767 g/mol. The lowest BCUT2D eigenvalue weighted by molar-refractivity contribution is -0.112. The Morgan fingerprint density at radius 3 is 2.32 bits per heavy atom. The Morgan fingerprint density at radius 2 is 1.62 bits per heavy atom. The normalized spacial score (nSPS) is 30.8. The summed E-state index contributed by atoms with van der Waals surface area (Å²) < 4.78 is 13.2. The molecule has 0 spiro atoms. The van der Waals surface area contributed by atoms with Crippen LogP contribution in [0.5, 0.6) is 5.75 Å². The number of anilines is 1. The van der Waals surface area contributed by atoms with Crippen molar-refractivity contribution >= 4 is 45.8 Å². The topological polar surface area (TPSA) is 199 Å². The highest BCUT2D eigenvalue weighted by atomic mass is 16.5. The average molecular weight is 824 g/mol. The van der Waals surface area contributed by atoms with Gasteiger partial charge in [-0.15, -0.1) is 0 Å². The van der Waals surface area contributed by atoms with E-state index in [1.165, 1.54) is 14.2 Å². The number of piperidine rings is 1. The molecular formula is C46H57N5O9. The number of Topliss-reactive ketones (excluding diaryl/α,β-unsaturated/α-hetero) is 1. The number of aromatic hydroxyl groups is 1. The Kier molecular flexibility index (Phi) is 14.0. The van der Waals surface area contributed by atoms with Crippen LogP contribution in [0.1, 0.15) is 81.8 Å². The third-order valence-corrected chi connectivity index (χ3v) is 12.2. The number of aliphatic hydroxyl groups is 4. The maximum absolute atomic E-state index is 14.0. The summed E-state index contributed by atoms with van der Waals surface area (Å²) in [4.78, 5) is 32.8. The van der Waals surface area contributed by atoms with E-state index in [1.54, 1.807) is 87.9 Å². The maximum atomic E-state index is 14.0. The molecule has 1 fully saturated rings. The number of amides is 1. The van der Waals surface area contributed by atoms with Gasteiger partial charge in [0.25, 0.3) is 5.91 Å². The van der Waals surface area contributed by atoms with Gasteiger partial charge >= 0.3 is 0 Å². The number of nitrogens with zero attached hydrogens (tertiary/aromatic N) is 4. The molecule has 1 unspecified atom stereocenters. The highest BCUT2D eigenvalue weighted by molar-refractivity contribution is 6.22. The first-order valence-corrected chi connectivity index (χ1v) is 20.6. The third kappa shape index (κ3) is 8.91. The van der Waals surface area contributed by atoms with Crippen LogP contribution in [0.25, 0.3) is 22.3 Å². The van der Waals surface area contributed by atoms with Crippen LogP contribution in [0, 0.1) is 35.5 Å². The molecule has 3 aromatic rings. The zero-order valence-electron chi connectivity index (χ0n) is 35.3. The fraction of sp³-hybridized carbons (Fsp3) is 0.478. The van der Waals surface area contributed by atoms with Gasteiger partial charge in [0, 0.05) is 85.9 Å². The highest BCUT2D eigenvalue weighted by Crippen LogP contribution is 2.45. The van der Waals surface area contributed by atoms with Crippen LogP contribution in [-0.2, 0) is 14.3 Å². The first-order valence-electron chi connectivity index (χ1n) is 20.6. The van der Waals surface area contributed by atoms with Crippen molar-refractivity contribution in [3.63, 3.8) is 0 Å². The molecule has 6 rings (SSSR count). The van der Waals surface area contributed by atoms with Crippen molar-refractivity contribution in [2.24, 2.45) is 28.8 Å². The summed E-state index contributed by atoms with van der Waals surface area (Å²) in [7, 11) is 2.89. The van der Waals surface area contributed by atoms with Crippen LogP contribution in [0.3, 0.4) is 0 Å². The van der Waals surface area contributed by atoms with Gasteiger partial charge in [0.2, 0.25) is 5.78 Å². The van der Waals surface area contributed by atoms with Gasteiger partial charge in [-0.25, -0.2) is 4.98 Å². The Morgan fingerprint density at radius 1 is 0.917 bits per heavy atom. The number of carbonyl (C=O) groups is 2. The molecule has 2 aliphatic heterocycles. The fourth-order valence-corrected chi connectivity index (χ4v) is 8.34. The Balaban J connectivity index is 1.59. The first kappa shape index (κ1) is 44.3. The lowest BCUT2D eigenvalue weighted by Crippen LogP contribution is -2.44. The van der Waals surface area contributed by atoms with Crippen molar-refractivity contribution in [1.82, 2.24) is 14.4 Å². The van der Waals surface area contributed by atoms with E-state index in [9.17, 15) is 35.1 Å². The Labute approximate surface area is 350 Å². The molecule has 1 aromatic carbocycles. The van der Waals surface area contributed by atoms with Crippen molar-refractivity contribution in [1.29, 1.82) is 0 Å². The lowest BCUT2D eigenvalue weighted by Gasteiger charge is -2.36. The number of pyridine rings is 1. The molecule has 1 saturated heterocycles. The zero-order valence-corrected chi connectivity index (χ0v) is 35.3. The predicted octanol–water partition coefficient (Wildman–Crippen LogP) is 5.54. The van der Waals surface area contributed by atoms with E-state index in [0.29, 0.717) is 11.2 Å².